The van der Waals surface area contributed by atoms with Gasteiger partial charge in [-0.15, -0.1) is 0 Å². The van der Waals surface area contributed by atoms with Gasteiger partial charge in [-0.3, -0.25) is 9.69 Å². The molecular formula is C22H28N2O2S. The number of carbonyl (C=O) groups excluding carboxylic acids is 1. The monoisotopic (exact) mass is 384 g/mol. The number of thioether (sulfide) groups is 1. The summed E-state index contributed by atoms with van der Waals surface area (Å²) in [4.78, 5) is 17.8. The van der Waals surface area contributed by atoms with Crippen molar-refractivity contribution in [2.45, 2.75) is 12.3 Å². The Hall–Kier alpha value is -1.98. The lowest BCUT2D eigenvalue weighted by Crippen LogP contribution is -2.50. The Labute approximate surface area is 166 Å². The van der Waals surface area contributed by atoms with E-state index in [0.717, 1.165) is 49.6 Å². The van der Waals surface area contributed by atoms with Crippen molar-refractivity contribution in [3.05, 3.63) is 65.7 Å². The van der Waals surface area contributed by atoms with E-state index >= 15 is 0 Å². The van der Waals surface area contributed by atoms with Crippen LogP contribution in [0.5, 0.6) is 5.75 Å². The van der Waals surface area contributed by atoms with Crippen LogP contribution in [0.2, 0.25) is 0 Å². The largest absolute Gasteiger partial charge is 0.508 e. The van der Waals surface area contributed by atoms with Gasteiger partial charge in [0.15, 0.2) is 0 Å². The van der Waals surface area contributed by atoms with Crippen LogP contribution in [0.1, 0.15) is 17.0 Å². The van der Waals surface area contributed by atoms with E-state index in [1.807, 2.05) is 59.1 Å². The molecular weight excluding hydrogens is 356 g/mol. The SMILES string of the molecule is CSCCN1CCN(C(=O)C(Cc2ccc(O)cc2)c2ccccc2)CC1. The number of amides is 1. The van der Waals surface area contributed by atoms with Crippen LogP contribution < -0.4 is 0 Å². The van der Waals surface area contributed by atoms with Gasteiger partial charge in [-0.2, -0.15) is 11.8 Å². The number of benzene rings is 2. The van der Waals surface area contributed by atoms with Crippen LogP contribution in [-0.4, -0.2) is 65.5 Å². The molecule has 0 spiro atoms. The van der Waals surface area contributed by atoms with E-state index in [4.69, 9.17) is 0 Å². The first-order chi connectivity index (χ1) is 13.2. The molecule has 1 aliphatic heterocycles. The van der Waals surface area contributed by atoms with Crippen molar-refractivity contribution in [1.82, 2.24) is 9.80 Å². The highest BCUT2D eigenvalue weighted by Crippen LogP contribution is 2.25. The summed E-state index contributed by atoms with van der Waals surface area (Å²) in [6.07, 6.45) is 2.78. The summed E-state index contributed by atoms with van der Waals surface area (Å²) in [5, 5.41) is 9.53. The van der Waals surface area contributed by atoms with Crippen molar-refractivity contribution < 1.29 is 9.90 Å². The van der Waals surface area contributed by atoms with Crippen molar-refractivity contribution in [2.24, 2.45) is 0 Å². The van der Waals surface area contributed by atoms with E-state index < -0.39 is 0 Å². The normalized spacial score (nSPS) is 16.3. The lowest BCUT2D eigenvalue weighted by atomic mass is 9.90. The average Bonchev–Trinajstić information content (AvgIpc) is 2.72. The van der Waals surface area contributed by atoms with E-state index in [0.29, 0.717) is 6.42 Å². The maximum absolute atomic E-state index is 13.3. The molecule has 1 heterocycles. The fourth-order valence-electron chi connectivity index (χ4n) is 3.53. The van der Waals surface area contributed by atoms with E-state index in [-0.39, 0.29) is 17.6 Å². The second kappa shape index (κ2) is 9.81. The number of rotatable bonds is 7. The van der Waals surface area contributed by atoms with Crippen molar-refractivity contribution >= 4 is 17.7 Å². The molecule has 1 saturated heterocycles. The topological polar surface area (TPSA) is 43.8 Å². The second-order valence-corrected chi connectivity index (χ2v) is 7.98. The lowest BCUT2D eigenvalue weighted by Gasteiger charge is -2.36. The fraction of sp³-hybridized carbons (Fsp3) is 0.409. The highest BCUT2D eigenvalue weighted by molar-refractivity contribution is 7.98. The van der Waals surface area contributed by atoms with Crippen molar-refractivity contribution in [2.75, 3.05) is 44.7 Å². The Bertz CT molecular complexity index is 713. The van der Waals surface area contributed by atoms with E-state index in [2.05, 4.69) is 11.2 Å². The molecule has 1 N–H and O–H groups in total. The van der Waals surface area contributed by atoms with Crippen LogP contribution in [-0.2, 0) is 11.2 Å². The van der Waals surface area contributed by atoms with E-state index in [1.54, 1.807) is 12.1 Å². The maximum Gasteiger partial charge on any atom is 0.230 e. The number of piperazine rings is 1. The summed E-state index contributed by atoms with van der Waals surface area (Å²) in [5.74, 6) is 1.41. The molecule has 5 heteroatoms. The first-order valence-corrected chi connectivity index (χ1v) is 10.9. The predicted octanol–water partition coefficient (Wildman–Crippen LogP) is 3.23. The third-order valence-electron chi connectivity index (χ3n) is 5.17. The Kier molecular flexibility index (Phi) is 7.18. The summed E-state index contributed by atoms with van der Waals surface area (Å²) in [6, 6.07) is 17.2. The minimum atomic E-state index is -0.187. The lowest BCUT2D eigenvalue weighted by molar-refractivity contribution is -0.134. The number of aromatic hydroxyl groups is 1. The summed E-state index contributed by atoms with van der Waals surface area (Å²) >= 11 is 1.87. The molecule has 1 fully saturated rings. The Morgan fingerprint density at radius 2 is 1.70 bits per heavy atom. The van der Waals surface area contributed by atoms with Crippen LogP contribution in [0.15, 0.2) is 54.6 Å². The molecule has 2 aromatic rings. The average molecular weight is 385 g/mol. The Morgan fingerprint density at radius 1 is 1.04 bits per heavy atom. The van der Waals surface area contributed by atoms with E-state index in [9.17, 15) is 9.90 Å². The van der Waals surface area contributed by atoms with Crippen molar-refractivity contribution in [3.8, 4) is 5.75 Å². The summed E-state index contributed by atoms with van der Waals surface area (Å²) in [7, 11) is 0. The molecule has 1 amide bonds. The van der Waals surface area contributed by atoms with Crippen LogP contribution in [0.4, 0.5) is 0 Å². The summed E-state index contributed by atoms with van der Waals surface area (Å²) in [5.41, 5.74) is 2.12. The minimum Gasteiger partial charge on any atom is -0.508 e. The molecule has 0 bridgehead atoms. The molecule has 1 atom stereocenters. The third kappa shape index (κ3) is 5.50. The van der Waals surface area contributed by atoms with Gasteiger partial charge >= 0.3 is 0 Å². The Morgan fingerprint density at radius 3 is 2.33 bits per heavy atom. The van der Waals surface area contributed by atoms with Gasteiger partial charge in [0.1, 0.15) is 5.75 Å². The third-order valence-corrected chi connectivity index (χ3v) is 5.76. The zero-order valence-electron chi connectivity index (χ0n) is 15.9. The van der Waals surface area contributed by atoms with Gasteiger partial charge in [-0.25, -0.2) is 0 Å². The van der Waals surface area contributed by atoms with Crippen LogP contribution in [0.25, 0.3) is 0 Å². The first kappa shape index (κ1) is 19.8. The molecule has 4 nitrogen and oxygen atoms in total. The molecule has 2 aromatic carbocycles. The summed E-state index contributed by atoms with van der Waals surface area (Å²) < 4.78 is 0. The minimum absolute atomic E-state index is 0.187. The molecule has 144 valence electrons. The van der Waals surface area contributed by atoms with Crippen LogP contribution >= 0.6 is 11.8 Å². The van der Waals surface area contributed by atoms with Gasteiger partial charge in [0.05, 0.1) is 5.92 Å². The number of carbonyl (C=O) groups is 1. The quantitative estimate of drug-likeness (QED) is 0.796. The number of phenols is 1. The van der Waals surface area contributed by atoms with Gasteiger partial charge in [0, 0.05) is 38.5 Å². The number of phenolic OH excluding ortho intramolecular Hbond substituents is 1. The van der Waals surface area contributed by atoms with Crippen LogP contribution in [0.3, 0.4) is 0 Å². The molecule has 0 aromatic heterocycles. The molecule has 27 heavy (non-hydrogen) atoms. The number of nitrogens with zero attached hydrogens (tertiary/aromatic N) is 2. The highest BCUT2D eigenvalue weighted by Gasteiger charge is 2.28. The van der Waals surface area contributed by atoms with Gasteiger partial charge in [-0.1, -0.05) is 42.5 Å². The van der Waals surface area contributed by atoms with Gasteiger partial charge < -0.3 is 10.0 Å². The van der Waals surface area contributed by atoms with Gasteiger partial charge in [0.25, 0.3) is 0 Å². The molecule has 0 aliphatic carbocycles. The molecule has 3 rings (SSSR count). The number of hydrogen-bond acceptors (Lipinski definition) is 4. The van der Waals surface area contributed by atoms with Crippen molar-refractivity contribution in [3.63, 3.8) is 0 Å². The highest BCUT2D eigenvalue weighted by atomic mass is 32.2. The second-order valence-electron chi connectivity index (χ2n) is 6.99. The van der Waals surface area contributed by atoms with Crippen molar-refractivity contribution in [1.29, 1.82) is 0 Å². The fourth-order valence-corrected chi connectivity index (χ4v) is 3.97. The van der Waals surface area contributed by atoms with E-state index in [1.165, 1.54) is 0 Å². The zero-order valence-corrected chi connectivity index (χ0v) is 16.7. The first-order valence-electron chi connectivity index (χ1n) is 9.50. The maximum atomic E-state index is 13.3. The molecule has 0 saturated carbocycles. The molecule has 0 radical (unpaired) electrons. The zero-order chi connectivity index (χ0) is 19.1. The number of hydrogen-bond donors (Lipinski definition) is 1. The Balaban J connectivity index is 1.71. The van der Waals surface area contributed by atoms with Gasteiger partial charge in [-0.05, 0) is 35.9 Å². The molecule has 1 unspecified atom stereocenters. The molecule has 1 aliphatic rings. The van der Waals surface area contributed by atoms with Gasteiger partial charge in [0.2, 0.25) is 5.91 Å². The predicted molar refractivity (Wildman–Crippen MR) is 112 cm³/mol. The van der Waals surface area contributed by atoms with Crippen LogP contribution in [0, 0.1) is 0 Å². The standard InChI is InChI=1S/C22H28N2O2S/c1-27-16-15-23-11-13-24(14-12-23)22(26)21(19-5-3-2-4-6-19)17-18-7-9-20(25)10-8-18/h2-10,21,25H,11-17H2,1H3. The smallest absolute Gasteiger partial charge is 0.230 e. The summed E-state index contributed by atoms with van der Waals surface area (Å²) in [6.45, 7) is 4.59.